The Morgan fingerprint density at radius 2 is 0.808 bits per heavy atom. The maximum atomic E-state index is 15.5. The molecule has 2 rings (SSSR count). The summed E-state index contributed by atoms with van der Waals surface area (Å²) < 4.78 is 81.5. The van der Waals surface area contributed by atoms with Crippen molar-refractivity contribution in [2.24, 2.45) is 5.73 Å². The number of halogens is 1. The number of aliphatic carboxylic acids is 2. The molecule has 7 amide bonds. The molecule has 36 heteroatoms. The fourth-order valence-electron chi connectivity index (χ4n) is 14.0. The summed E-state index contributed by atoms with van der Waals surface area (Å²) in [6.45, 7) is 29.9. The molecule has 0 aromatic rings. The second-order valence-electron chi connectivity index (χ2n) is 34.6. The number of nitrogens with one attached hydrogen (secondary N) is 7. The molecule has 33 nitrogen and oxygen atoms in total. The molecular weight excluding hydrogens is 1720 g/mol. The van der Waals surface area contributed by atoms with Crippen LogP contribution in [-0.2, 0) is 84.6 Å². The average Bonchev–Trinajstić information content (AvgIpc) is 0.764. The Kier molecular flexibility index (Phi) is 57.7. The van der Waals surface area contributed by atoms with Crippen molar-refractivity contribution < 1.29 is 124 Å². The fraction of sp³-hybridized carbons (Fsp3) is 0.670. The van der Waals surface area contributed by atoms with E-state index in [1.807, 2.05) is 6.92 Å². The minimum absolute atomic E-state index is 0.0133. The molecule has 130 heavy (non-hydrogen) atoms. The van der Waals surface area contributed by atoms with Crippen LogP contribution in [0.25, 0.3) is 0 Å². The lowest BCUT2D eigenvalue weighted by atomic mass is 9.94. The summed E-state index contributed by atoms with van der Waals surface area (Å²) in [6.07, 6.45) is 25.8. The Morgan fingerprint density at radius 1 is 0.431 bits per heavy atom. The molecule has 2 fully saturated rings. The molecule has 0 aromatic carbocycles. The van der Waals surface area contributed by atoms with Gasteiger partial charge in [0.05, 0.1) is 19.8 Å². The molecule has 18 atom stereocenters. The van der Waals surface area contributed by atoms with Crippen LogP contribution in [0.5, 0.6) is 0 Å². The number of carbonyl (C=O) groups is 9. The van der Waals surface area contributed by atoms with Gasteiger partial charge in [-0.2, -0.15) is 4.31 Å². The van der Waals surface area contributed by atoms with Gasteiger partial charge in [-0.3, -0.25) is 47.4 Å². The smallest absolute Gasteiger partial charge is 0.480 e. The van der Waals surface area contributed by atoms with Gasteiger partial charge in [0.1, 0.15) is 78.9 Å². The molecule has 0 aromatic heterocycles. The van der Waals surface area contributed by atoms with Gasteiger partial charge in [-0.15, -0.1) is 0 Å². The number of allylic oxidation sites excluding steroid dienone is 21. The number of carboxylic acid groups (broad SMARTS) is 2. The van der Waals surface area contributed by atoms with E-state index in [0.29, 0.717) is 31.3 Å². The van der Waals surface area contributed by atoms with Gasteiger partial charge in [-0.25, -0.2) is 18.3 Å². The number of unbranched alkanes of at least 4 members (excludes halogenated alkanes) is 1. The average molecular weight is 1880 g/mol. The number of aliphatic hydroxyl groups excluding tert-OH is 3. The van der Waals surface area contributed by atoms with Gasteiger partial charge in [-0.1, -0.05) is 128 Å². The van der Waals surface area contributed by atoms with Crippen LogP contribution in [0.15, 0.2) is 128 Å². The van der Waals surface area contributed by atoms with Crippen LogP contribution >= 0.6 is 15.6 Å². The zero-order valence-electron chi connectivity index (χ0n) is 79.9. The van der Waals surface area contributed by atoms with E-state index >= 15 is 4.39 Å². The summed E-state index contributed by atoms with van der Waals surface area (Å²) in [7, 11) is -11.5. The Bertz CT molecular complexity index is 4080. The summed E-state index contributed by atoms with van der Waals surface area (Å²) >= 11 is 0. The quantitative estimate of drug-likeness (QED) is 0.0153. The monoisotopic (exact) mass is 1880 g/mol. The number of phosphoric ester groups is 2. The van der Waals surface area contributed by atoms with E-state index in [1.54, 1.807) is 6.92 Å². The molecule has 2 aliphatic heterocycles. The Morgan fingerprint density at radius 3 is 1.19 bits per heavy atom. The first-order valence-corrected chi connectivity index (χ1v) is 48.4. The maximum absolute atomic E-state index is 15.5. The highest BCUT2D eigenvalue weighted by Crippen LogP contribution is 2.61. The van der Waals surface area contributed by atoms with Gasteiger partial charge in [0.25, 0.3) is 0 Å². The van der Waals surface area contributed by atoms with Crippen molar-refractivity contribution in [1.82, 2.24) is 37.2 Å². The topological polar surface area (TPSA) is 504 Å². The van der Waals surface area contributed by atoms with Gasteiger partial charge in [0, 0.05) is 20.3 Å². The van der Waals surface area contributed by atoms with Gasteiger partial charge >= 0.3 is 27.6 Å². The van der Waals surface area contributed by atoms with Crippen LogP contribution in [0.3, 0.4) is 0 Å². The van der Waals surface area contributed by atoms with Crippen LogP contribution in [0.2, 0.25) is 0 Å². The zero-order chi connectivity index (χ0) is 98.0. The lowest BCUT2D eigenvalue weighted by Crippen LogP contribution is -2.69. The number of nitrogens with two attached hydrogens (primary N) is 1. The lowest BCUT2D eigenvalue weighted by molar-refractivity contribution is -0.327. The highest BCUT2D eigenvalue weighted by molar-refractivity contribution is 7.61. The van der Waals surface area contributed by atoms with Crippen LogP contribution in [0.4, 0.5) is 4.39 Å². The van der Waals surface area contributed by atoms with Crippen molar-refractivity contribution >= 4 is 68.9 Å². The number of hydrogen-bond acceptors (Lipinski definition) is 22. The first kappa shape index (κ1) is 118. The normalized spacial score (nSPS) is 22.4. The molecule has 0 bridgehead atoms. The first-order valence-electron chi connectivity index (χ1n) is 45.4. The van der Waals surface area contributed by atoms with E-state index in [0.717, 1.165) is 149 Å². The van der Waals surface area contributed by atoms with Crippen LogP contribution in [0, 0.1) is 0 Å². The number of ether oxygens (including phenoxy) is 4. The van der Waals surface area contributed by atoms with Gasteiger partial charge in [0.15, 0.2) is 18.8 Å². The molecule has 0 aliphatic carbocycles. The fourth-order valence-corrected chi connectivity index (χ4v) is 16.1. The third-order valence-corrected chi connectivity index (χ3v) is 24.6. The van der Waals surface area contributed by atoms with E-state index in [9.17, 15) is 87.6 Å². The molecule has 0 radical (unpaired) electrons. The molecule has 738 valence electrons. The predicted octanol–water partition coefficient (Wildman–Crippen LogP) is 13.3. The molecule has 2 heterocycles. The number of amides is 7. The molecule has 2 aliphatic rings. The van der Waals surface area contributed by atoms with Crippen LogP contribution < -0.4 is 43.0 Å². The molecule has 0 spiro atoms. The maximum Gasteiger partial charge on any atom is 0.483 e. The SMILES string of the molecule is CC(=O)N[C@H]1[C@H](O[C@H]2[C@H](O[C@H](C)C(=O)N[C@@H](C)C(=O)N[C@H](CCC(=O)N[C@@H](CCCCN)C(=O)N[C@H](C)C(=O)N[C@H](C)C(=O)O)C(=O)O)[C@@H](NC(C)=O)[C@@H](OP(=O)(O)OP(=O)(O)OC/C=C(/C)CC/C=C(/C)CC/C=C(/C)CC/C=C(/C)CC/C=C(/C)CC/C=C(/C)CC/C=C(/C)CC/C=C(\C)CC/C=C(\C)CC/C=C(\C)CCC=C(C)C)O[C@@H]2CO)O[C@H](CO)[C@@H](F)[C@@H]1O. The second kappa shape index (κ2) is 63.4. The highest BCUT2D eigenvalue weighted by Gasteiger charge is 2.56. The zero-order valence-corrected chi connectivity index (χ0v) is 81.7. The number of alkyl halides is 1. The molecule has 2 saturated heterocycles. The van der Waals surface area contributed by atoms with Crippen LogP contribution in [-0.4, -0.2) is 213 Å². The summed E-state index contributed by atoms with van der Waals surface area (Å²) in [5.74, 6) is -9.73. The highest BCUT2D eigenvalue weighted by atomic mass is 31.3. The summed E-state index contributed by atoms with van der Waals surface area (Å²) in [5, 5.41) is 67.5. The summed E-state index contributed by atoms with van der Waals surface area (Å²) in [6, 6.07) is -11.2. The van der Waals surface area contributed by atoms with Gasteiger partial charge < -0.3 is 97.2 Å². The van der Waals surface area contributed by atoms with Crippen molar-refractivity contribution in [2.45, 2.75) is 383 Å². The van der Waals surface area contributed by atoms with Crippen LogP contribution in [0.1, 0.15) is 285 Å². The second-order valence-corrected chi connectivity index (χ2v) is 37.6. The number of carboxylic acids is 2. The van der Waals surface area contributed by atoms with Crippen molar-refractivity contribution in [2.75, 3.05) is 26.4 Å². The number of aliphatic hydroxyl groups is 3. The van der Waals surface area contributed by atoms with Crippen molar-refractivity contribution in [3.63, 3.8) is 0 Å². The van der Waals surface area contributed by atoms with Crippen molar-refractivity contribution in [3.05, 3.63) is 128 Å². The number of carbonyl (C=O) groups excluding carboxylic acids is 7. The number of rotatable bonds is 63. The Hall–Kier alpha value is -7.76. The van der Waals surface area contributed by atoms with E-state index in [-0.39, 0.29) is 13.0 Å². The Balaban J connectivity index is 2.08. The third kappa shape index (κ3) is 50.4. The standard InChI is InChI=1S/C94H155FN8O25P2/c1-59(2)31-21-32-60(3)33-22-34-61(4)35-23-36-62(5)37-24-38-63(6)39-25-40-64(7)41-26-42-65(8)43-27-44-66(9)45-28-46-67(10)47-29-48-68(11)49-30-50-69(12)54-56-122-129(118,119)128-130(120,121)127-94-83(101-75(18)107)86(85(79(58-105)125-94)126-93-82(100-74(17)106)84(109)81(95)78(57-104)124-93)123-73(16)89(112)97-71(14)88(111)103-77(92(116)117)52-53-80(108)102-76(51-19-20-55-96)90(113)98-70(13)87(110)99-72(15)91(114)115/h31,33,35,37,39,41,43,45,47,49,54,70-73,76-79,81-86,93-94,104-105,109H,19-30,32,34,36,38,40,42,44,46,48,50-53,55-58,96H2,1-18H3,(H,97,112)(H,98,113)(H,99,110)(H,100,106)(H,101,107)(H,102,108)(H,103,111)(H,114,115)(H,116,117)(H,118,119)(H,120,121)/b60-33+,61-35+,62-37+,63-39-,64-41-,65-43-,66-45-,67-47-,68-49-,69-54-/t70-,71+,72-,73-,76+,77-,78-,79-,81-,82-,83-,84+,85-,86-,93+,94-/m1/s1. The van der Waals surface area contributed by atoms with Gasteiger partial charge in [0.2, 0.25) is 41.4 Å². The van der Waals surface area contributed by atoms with E-state index in [4.69, 9.17) is 33.7 Å². The largest absolute Gasteiger partial charge is 0.483 e. The number of hydrogen-bond donors (Lipinski definition) is 15. The summed E-state index contributed by atoms with van der Waals surface area (Å²) in [5.41, 5.74) is 20.3. The van der Waals surface area contributed by atoms with Crippen molar-refractivity contribution in [1.29, 1.82) is 0 Å². The van der Waals surface area contributed by atoms with Crippen molar-refractivity contribution in [3.8, 4) is 0 Å². The van der Waals surface area contributed by atoms with E-state index in [2.05, 4.69) is 172 Å². The molecular formula is C94H155FN8O25P2. The molecule has 16 N–H and O–H groups in total. The molecule has 2 unspecified atom stereocenters. The van der Waals surface area contributed by atoms with E-state index < -0.39 is 199 Å². The molecule has 0 saturated carbocycles. The third-order valence-electron chi connectivity index (χ3n) is 22.0. The predicted molar refractivity (Wildman–Crippen MR) is 498 cm³/mol. The lowest BCUT2D eigenvalue weighted by Gasteiger charge is -2.49. The summed E-state index contributed by atoms with van der Waals surface area (Å²) in [4.78, 5) is 138. The minimum Gasteiger partial charge on any atom is -0.480 e. The Labute approximate surface area is 769 Å². The minimum atomic E-state index is -5.96. The number of phosphoric acid groups is 2. The van der Waals surface area contributed by atoms with E-state index in [1.165, 1.54) is 70.1 Å². The van der Waals surface area contributed by atoms with Gasteiger partial charge in [-0.05, 0) is 271 Å². The first-order chi connectivity index (χ1) is 61.1.